The van der Waals surface area contributed by atoms with Crippen LogP contribution in [0.4, 0.5) is 0 Å². The Morgan fingerprint density at radius 2 is 1.95 bits per heavy atom. The van der Waals surface area contributed by atoms with Gasteiger partial charge in [0.2, 0.25) is 0 Å². The van der Waals surface area contributed by atoms with E-state index in [2.05, 4.69) is 15.1 Å². The van der Waals surface area contributed by atoms with Crippen LogP contribution in [-0.4, -0.2) is 25.5 Å². The number of benzene rings is 1. The summed E-state index contributed by atoms with van der Waals surface area (Å²) in [5.41, 5.74) is 2.38. The predicted molar refractivity (Wildman–Crippen MR) is 79.0 cm³/mol. The Morgan fingerprint density at radius 3 is 2.62 bits per heavy atom. The molecule has 0 radical (unpaired) electrons. The number of aromatic nitrogens is 4. The van der Waals surface area contributed by atoms with Gasteiger partial charge in [-0.2, -0.15) is 5.10 Å². The highest BCUT2D eigenvalue weighted by Crippen LogP contribution is 2.10. The van der Waals surface area contributed by atoms with Crippen LogP contribution in [0.1, 0.15) is 15.9 Å². The van der Waals surface area contributed by atoms with E-state index in [1.54, 1.807) is 47.7 Å². The molecule has 0 aliphatic rings. The van der Waals surface area contributed by atoms with Gasteiger partial charge in [-0.3, -0.25) is 9.78 Å². The molecule has 1 aromatic carbocycles. The number of hydrogen-bond acceptors (Lipinski definition) is 4. The largest absolute Gasteiger partial charge is 0.289 e. The molecule has 0 unspecified atom stereocenters. The number of ketones is 1. The highest BCUT2D eigenvalue weighted by molar-refractivity contribution is 6.06. The van der Waals surface area contributed by atoms with Crippen molar-refractivity contribution in [2.45, 2.75) is 0 Å². The average molecular weight is 276 g/mol. The molecule has 0 saturated heterocycles. The summed E-state index contributed by atoms with van der Waals surface area (Å²) in [5, 5.41) is 4.04. The van der Waals surface area contributed by atoms with Crippen molar-refractivity contribution in [3.05, 3.63) is 78.6 Å². The Bertz CT molecular complexity index is 747. The van der Waals surface area contributed by atoms with Crippen LogP contribution in [0.5, 0.6) is 0 Å². The summed E-state index contributed by atoms with van der Waals surface area (Å²) < 4.78 is 1.64. The van der Waals surface area contributed by atoms with Gasteiger partial charge in [0.15, 0.2) is 5.78 Å². The Labute approximate surface area is 121 Å². The van der Waals surface area contributed by atoms with E-state index in [1.165, 1.54) is 6.33 Å². The quantitative estimate of drug-likeness (QED) is 0.542. The second-order valence-electron chi connectivity index (χ2n) is 4.37. The van der Waals surface area contributed by atoms with Gasteiger partial charge in [0.05, 0.1) is 5.69 Å². The summed E-state index contributed by atoms with van der Waals surface area (Å²) >= 11 is 0. The molecule has 0 bridgehead atoms. The van der Waals surface area contributed by atoms with Crippen molar-refractivity contribution < 1.29 is 4.79 Å². The van der Waals surface area contributed by atoms with E-state index in [9.17, 15) is 4.79 Å². The minimum absolute atomic E-state index is 0.0519. The fourth-order valence-corrected chi connectivity index (χ4v) is 1.86. The van der Waals surface area contributed by atoms with Gasteiger partial charge in [-0.25, -0.2) is 9.67 Å². The SMILES string of the molecule is O=C(C=Cc1cccnc1)c1ccc(-n2cncn2)cc1. The van der Waals surface area contributed by atoms with E-state index >= 15 is 0 Å². The molecule has 2 aromatic heterocycles. The first-order chi connectivity index (χ1) is 10.3. The van der Waals surface area contributed by atoms with Gasteiger partial charge in [0.25, 0.3) is 0 Å². The van der Waals surface area contributed by atoms with Gasteiger partial charge < -0.3 is 0 Å². The summed E-state index contributed by atoms with van der Waals surface area (Å²) in [6.07, 6.45) is 9.77. The summed E-state index contributed by atoms with van der Waals surface area (Å²) in [5.74, 6) is -0.0519. The van der Waals surface area contributed by atoms with E-state index in [1.807, 2.05) is 24.3 Å². The molecule has 3 rings (SSSR count). The van der Waals surface area contributed by atoms with Gasteiger partial charge in [0.1, 0.15) is 12.7 Å². The molecule has 21 heavy (non-hydrogen) atoms. The van der Waals surface area contributed by atoms with Crippen molar-refractivity contribution >= 4 is 11.9 Å². The van der Waals surface area contributed by atoms with Crippen molar-refractivity contribution in [1.82, 2.24) is 19.7 Å². The number of pyridine rings is 1. The topological polar surface area (TPSA) is 60.7 Å². The maximum atomic E-state index is 12.1. The lowest BCUT2D eigenvalue weighted by Crippen LogP contribution is -1.97. The lowest BCUT2D eigenvalue weighted by Gasteiger charge is -2.01. The van der Waals surface area contributed by atoms with Gasteiger partial charge >= 0.3 is 0 Å². The number of allylic oxidation sites excluding steroid dienone is 1. The molecule has 102 valence electrons. The van der Waals surface area contributed by atoms with Crippen LogP contribution in [0.15, 0.2) is 67.5 Å². The molecule has 0 amide bonds. The van der Waals surface area contributed by atoms with E-state index in [4.69, 9.17) is 0 Å². The van der Waals surface area contributed by atoms with E-state index < -0.39 is 0 Å². The Hall–Kier alpha value is -3.08. The second-order valence-corrected chi connectivity index (χ2v) is 4.37. The molecule has 5 nitrogen and oxygen atoms in total. The minimum Gasteiger partial charge on any atom is -0.289 e. The summed E-state index contributed by atoms with van der Waals surface area (Å²) in [6.45, 7) is 0. The maximum Gasteiger partial charge on any atom is 0.185 e. The number of rotatable bonds is 4. The third kappa shape index (κ3) is 3.09. The molecule has 5 heteroatoms. The Kier molecular flexibility index (Phi) is 3.64. The molecule has 2 heterocycles. The van der Waals surface area contributed by atoms with E-state index in [0.29, 0.717) is 5.56 Å². The normalized spacial score (nSPS) is 10.9. The minimum atomic E-state index is -0.0519. The van der Waals surface area contributed by atoms with Crippen molar-refractivity contribution in [3.8, 4) is 5.69 Å². The van der Waals surface area contributed by atoms with Crippen LogP contribution < -0.4 is 0 Å². The predicted octanol–water partition coefficient (Wildman–Crippen LogP) is 2.56. The summed E-state index contributed by atoms with van der Waals surface area (Å²) in [7, 11) is 0. The molecule has 0 aliphatic heterocycles. The van der Waals surface area contributed by atoms with Gasteiger partial charge in [-0.1, -0.05) is 6.07 Å². The van der Waals surface area contributed by atoms with Crippen LogP contribution >= 0.6 is 0 Å². The van der Waals surface area contributed by atoms with Gasteiger partial charge in [-0.05, 0) is 48.0 Å². The molecule has 0 aliphatic carbocycles. The van der Waals surface area contributed by atoms with E-state index in [-0.39, 0.29) is 5.78 Å². The van der Waals surface area contributed by atoms with Crippen LogP contribution in [0.3, 0.4) is 0 Å². The molecule has 0 spiro atoms. The fraction of sp³-hybridized carbons (Fsp3) is 0. The van der Waals surface area contributed by atoms with Crippen LogP contribution in [-0.2, 0) is 0 Å². The van der Waals surface area contributed by atoms with Crippen molar-refractivity contribution in [3.63, 3.8) is 0 Å². The smallest absolute Gasteiger partial charge is 0.185 e. The maximum absolute atomic E-state index is 12.1. The third-order valence-electron chi connectivity index (χ3n) is 2.95. The number of nitrogens with zero attached hydrogens (tertiary/aromatic N) is 4. The Balaban J connectivity index is 1.75. The zero-order valence-electron chi connectivity index (χ0n) is 11.1. The molecule has 0 atom stereocenters. The van der Waals surface area contributed by atoms with Crippen molar-refractivity contribution in [2.75, 3.05) is 0 Å². The molecular weight excluding hydrogens is 264 g/mol. The first kappa shape index (κ1) is 12.9. The van der Waals surface area contributed by atoms with E-state index in [0.717, 1.165) is 11.3 Å². The molecule has 0 saturated carbocycles. The fourth-order valence-electron chi connectivity index (χ4n) is 1.86. The molecule has 3 aromatic rings. The first-order valence-electron chi connectivity index (χ1n) is 6.40. The lowest BCUT2D eigenvalue weighted by atomic mass is 10.1. The standard InChI is InChI=1S/C16H12N4O/c21-16(8-3-13-2-1-9-17-10-13)14-4-6-15(7-5-14)20-12-18-11-19-20/h1-12H. The monoisotopic (exact) mass is 276 g/mol. The van der Waals surface area contributed by atoms with Crippen molar-refractivity contribution in [1.29, 1.82) is 0 Å². The van der Waals surface area contributed by atoms with Crippen LogP contribution in [0.2, 0.25) is 0 Å². The summed E-state index contributed by atoms with van der Waals surface area (Å²) in [6, 6.07) is 10.9. The first-order valence-corrected chi connectivity index (χ1v) is 6.40. The lowest BCUT2D eigenvalue weighted by molar-refractivity contribution is 0.104. The molecule has 0 fully saturated rings. The van der Waals surface area contributed by atoms with Crippen LogP contribution in [0.25, 0.3) is 11.8 Å². The zero-order valence-corrected chi connectivity index (χ0v) is 11.1. The average Bonchev–Trinajstić information content (AvgIpc) is 3.08. The van der Waals surface area contributed by atoms with Crippen LogP contribution in [0, 0.1) is 0 Å². The highest BCUT2D eigenvalue weighted by atomic mass is 16.1. The zero-order chi connectivity index (χ0) is 14.5. The van der Waals surface area contributed by atoms with Crippen molar-refractivity contribution in [2.24, 2.45) is 0 Å². The number of carbonyl (C=O) groups excluding carboxylic acids is 1. The molecular formula is C16H12N4O. The second kappa shape index (κ2) is 5.92. The molecule has 0 N–H and O–H groups in total. The van der Waals surface area contributed by atoms with Gasteiger partial charge in [-0.15, -0.1) is 0 Å². The number of carbonyl (C=O) groups is 1. The Morgan fingerprint density at radius 1 is 1.10 bits per heavy atom. The third-order valence-corrected chi connectivity index (χ3v) is 2.95. The summed E-state index contributed by atoms with van der Waals surface area (Å²) in [4.78, 5) is 20.0. The number of hydrogen-bond donors (Lipinski definition) is 0. The van der Waals surface area contributed by atoms with Gasteiger partial charge in [0, 0.05) is 18.0 Å². The highest BCUT2D eigenvalue weighted by Gasteiger charge is 2.03.